The number of aromatic nitrogens is 4. The second-order valence-corrected chi connectivity index (χ2v) is 6.06. The fourth-order valence-electron chi connectivity index (χ4n) is 2.81. The fraction of sp³-hybridized carbons (Fsp3) is 0.500. The zero-order valence-corrected chi connectivity index (χ0v) is 14.6. The van der Waals surface area contributed by atoms with Crippen molar-refractivity contribution in [2.75, 3.05) is 49.4 Å². The van der Waals surface area contributed by atoms with E-state index in [-0.39, 0.29) is 18.8 Å². The summed E-state index contributed by atoms with van der Waals surface area (Å²) in [7, 11) is 5.53. The van der Waals surface area contributed by atoms with Gasteiger partial charge in [-0.15, -0.1) is 0 Å². The Morgan fingerprint density at radius 1 is 1.24 bits per heavy atom. The minimum Gasteiger partial charge on any atom is -0.388 e. The quantitative estimate of drug-likeness (QED) is 0.757. The maximum atomic E-state index is 9.18. The molecule has 1 aliphatic rings. The predicted octanol–water partition coefficient (Wildman–Crippen LogP) is 0.141. The number of hydrogen-bond donors (Lipinski definition) is 2. The summed E-state index contributed by atoms with van der Waals surface area (Å²) in [5.41, 5.74) is 0. The van der Waals surface area contributed by atoms with Gasteiger partial charge in [-0.05, 0) is 12.1 Å². The van der Waals surface area contributed by atoms with E-state index in [0.29, 0.717) is 17.6 Å². The number of hydrogen-bond acceptors (Lipinski definition) is 9. The van der Waals surface area contributed by atoms with Crippen LogP contribution in [0.1, 0.15) is 5.82 Å². The molecule has 3 rings (SSSR count). The van der Waals surface area contributed by atoms with Crippen molar-refractivity contribution < 1.29 is 9.84 Å². The molecule has 0 unspecified atom stereocenters. The standard InChI is InChI=1S/C16H23N7O2/c1-22(2)16-18-7-5-15(21-16)23-8-11(12(9-23)25-3)19-13-4-6-17-14(10-24)20-13/h4-7,11-12,24H,8-10H2,1-3H3,(H,17,19,20)/t11-,12+/m0/s1. The molecule has 134 valence electrons. The smallest absolute Gasteiger partial charge is 0.226 e. The molecule has 25 heavy (non-hydrogen) atoms. The van der Waals surface area contributed by atoms with Crippen molar-refractivity contribution in [2.45, 2.75) is 18.8 Å². The van der Waals surface area contributed by atoms with Gasteiger partial charge in [0.1, 0.15) is 18.2 Å². The molecule has 0 saturated carbocycles. The molecular weight excluding hydrogens is 322 g/mol. The van der Waals surface area contributed by atoms with E-state index in [0.717, 1.165) is 18.9 Å². The van der Waals surface area contributed by atoms with Gasteiger partial charge in [0.05, 0.1) is 12.1 Å². The minimum atomic E-state index is -0.186. The Hall–Kier alpha value is -2.52. The molecule has 0 amide bonds. The lowest BCUT2D eigenvalue weighted by Gasteiger charge is -2.19. The van der Waals surface area contributed by atoms with Crippen molar-refractivity contribution in [3.8, 4) is 0 Å². The third-order valence-electron chi connectivity index (χ3n) is 4.10. The summed E-state index contributed by atoms with van der Waals surface area (Å²) < 4.78 is 5.63. The van der Waals surface area contributed by atoms with Crippen molar-refractivity contribution in [2.24, 2.45) is 0 Å². The molecule has 1 aliphatic heterocycles. The Morgan fingerprint density at radius 2 is 2.04 bits per heavy atom. The first-order valence-electron chi connectivity index (χ1n) is 8.08. The van der Waals surface area contributed by atoms with Crippen LogP contribution in [0.4, 0.5) is 17.6 Å². The molecule has 3 heterocycles. The molecule has 9 nitrogen and oxygen atoms in total. The van der Waals surface area contributed by atoms with Crippen molar-refractivity contribution in [1.29, 1.82) is 0 Å². The van der Waals surface area contributed by atoms with Gasteiger partial charge >= 0.3 is 0 Å². The predicted molar refractivity (Wildman–Crippen MR) is 94.7 cm³/mol. The highest BCUT2D eigenvalue weighted by Gasteiger charge is 2.34. The molecular formula is C16H23N7O2. The summed E-state index contributed by atoms with van der Waals surface area (Å²) in [6, 6.07) is 3.73. The van der Waals surface area contributed by atoms with Crippen LogP contribution in [-0.2, 0) is 11.3 Å². The Labute approximate surface area is 146 Å². The molecule has 2 N–H and O–H groups in total. The van der Waals surface area contributed by atoms with Gasteiger partial charge in [-0.2, -0.15) is 4.98 Å². The number of ether oxygens (including phenoxy) is 1. The summed E-state index contributed by atoms with van der Waals surface area (Å²) in [5.74, 6) is 2.60. The molecule has 1 fully saturated rings. The van der Waals surface area contributed by atoms with E-state index in [4.69, 9.17) is 4.74 Å². The van der Waals surface area contributed by atoms with Crippen LogP contribution in [0.15, 0.2) is 24.5 Å². The molecule has 2 aromatic heterocycles. The molecule has 0 radical (unpaired) electrons. The molecule has 0 aromatic carbocycles. The van der Waals surface area contributed by atoms with E-state index in [9.17, 15) is 5.11 Å². The molecule has 1 saturated heterocycles. The van der Waals surface area contributed by atoms with Crippen molar-refractivity contribution in [3.63, 3.8) is 0 Å². The second kappa shape index (κ2) is 7.58. The van der Waals surface area contributed by atoms with Gasteiger partial charge in [-0.3, -0.25) is 0 Å². The first kappa shape index (κ1) is 17.3. The largest absolute Gasteiger partial charge is 0.388 e. The van der Waals surface area contributed by atoms with E-state index in [1.54, 1.807) is 25.6 Å². The highest BCUT2D eigenvalue weighted by molar-refractivity contribution is 5.47. The first-order chi connectivity index (χ1) is 12.1. The van der Waals surface area contributed by atoms with Crippen LogP contribution < -0.4 is 15.1 Å². The zero-order valence-electron chi connectivity index (χ0n) is 14.6. The number of aliphatic hydroxyl groups excluding tert-OH is 1. The average Bonchev–Trinajstić information content (AvgIpc) is 3.05. The van der Waals surface area contributed by atoms with Gasteiger partial charge in [-0.1, -0.05) is 0 Å². The van der Waals surface area contributed by atoms with Gasteiger partial charge in [-0.25, -0.2) is 15.0 Å². The summed E-state index contributed by atoms with van der Waals surface area (Å²) in [5, 5.41) is 12.5. The number of aliphatic hydroxyl groups is 1. The van der Waals surface area contributed by atoms with Crippen molar-refractivity contribution >= 4 is 17.6 Å². The molecule has 0 bridgehead atoms. The van der Waals surface area contributed by atoms with E-state index in [2.05, 4.69) is 30.2 Å². The summed E-state index contributed by atoms with van der Waals surface area (Å²) in [4.78, 5) is 21.2. The number of nitrogens with one attached hydrogen (secondary N) is 1. The first-order valence-corrected chi connectivity index (χ1v) is 8.08. The lowest BCUT2D eigenvalue weighted by molar-refractivity contribution is 0.113. The van der Waals surface area contributed by atoms with Gasteiger partial charge in [0.2, 0.25) is 5.95 Å². The van der Waals surface area contributed by atoms with Gasteiger partial charge in [0.25, 0.3) is 0 Å². The second-order valence-electron chi connectivity index (χ2n) is 6.06. The lowest BCUT2D eigenvalue weighted by atomic mass is 10.2. The number of anilines is 3. The number of methoxy groups -OCH3 is 1. The Kier molecular flexibility index (Phi) is 5.25. The molecule has 0 aliphatic carbocycles. The van der Waals surface area contributed by atoms with Gasteiger partial charge < -0.3 is 25.0 Å². The maximum Gasteiger partial charge on any atom is 0.226 e. The van der Waals surface area contributed by atoms with E-state index < -0.39 is 0 Å². The summed E-state index contributed by atoms with van der Waals surface area (Å²) in [6.45, 7) is 1.26. The molecule has 0 spiro atoms. The third-order valence-corrected chi connectivity index (χ3v) is 4.10. The Balaban J connectivity index is 1.75. The minimum absolute atomic E-state index is 0.00897. The van der Waals surface area contributed by atoms with Crippen LogP contribution in [0.25, 0.3) is 0 Å². The molecule has 2 atom stereocenters. The normalized spacial score (nSPS) is 19.9. The van der Waals surface area contributed by atoms with Gasteiger partial charge in [0, 0.05) is 46.7 Å². The number of nitrogens with zero attached hydrogens (tertiary/aromatic N) is 6. The maximum absolute atomic E-state index is 9.18. The van der Waals surface area contributed by atoms with Crippen LogP contribution >= 0.6 is 0 Å². The summed E-state index contributed by atoms with van der Waals surface area (Å²) in [6.07, 6.45) is 3.38. The molecule has 2 aromatic rings. The van der Waals surface area contributed by atoms with Crippen LogP contribution in [-0.4, -0.2) is 71.5 Å². The fourth-order valence-corrected chi connectivity index (χ4v) is 2.81. The van der Waals surface area contributed by atoms with Gasteiger partial charge in [0.15, 0.2) is 5.82 Å². The third kappa shape index (κ3) is 3.94. The SMILES string of the molecule is CO[C@@H]1CN(c2ccnc(N(C)C)n2)C[C@@H]1Nc1ccnc(CO)n1. The van der Waals surface area contributed by atoms with Crippen LogP contribution in [0.3, 0.4) is 0 Å². The Morgan fingerprint density at radius 3 is 2.76 bits per heavy atom. The highest BCUT2D eigenvalue weighted by atomic mass is 16.5. The molecule has 9 heteroatoms. The van der Waals surface area contributed by atoms with E-state index >= 15 is 0 Å². The van der Waals surface area contributed by atoms with E-state index in [1.165, 1.54) is 0 Å². The lowest BCUT2D eigenvalue weighted by Crippen LogP contribution is -2.34. The summed E-state index contributed by atoms with van der Waals surface area (Å²) >= 11 is 0. The van der Waals surface area contributed by atoms with Crippen LogP contribution in [0.2, 0.25) is 0 Å². The van der Waals surface area contributed by atoms with Crippen LogP contribution in [0, 0.1) is 0 Å². The number of rotatable bonds is 6. The van der Waals surface area contributed by atoms with Crippen molar-refractivity contribution in [1.82, 2.24) is 19.9 Å². The zero-order chi connectivity index (χ0) is 17.8. The topological polar surface area (TPSA) is 99.5 Å². The Bertz CT molecular complexity index is 712. The van der Waals surface area contributed by atoms with Crippen molar-refractivity contribution in [3.05, 3.63) is 30.4 Å². The monoisotopic (exact) mass is 345 g/mol. The highest BCUT2D eigenvalue weighted by Crippen LogP contribution is 2.23. The van der Waals surface area contributed by atoms with Crippen LogP contribution in [0.5, 0.6) is 0 Å². The average molecular weight is 345 g/mol. The van der Waals surface area contributed by atoms with E-state index in [1.807, 2.05) is 25.1 Å².